The van der Waals surface area contributed by atoms with Crippen LogP contribution in [0.4, 0.5) is 0 Å². The van der Waals surface area contributed by atoms with Crippen molar-refractivity contribution < 1.29 is 9.53 Å². The number of carbonyl (C=O) groups is 1. The maximum Gasteiger partial charge on any atom is 0.277 e. The minimum atomic E-state index is -0.310. The SMILES string of the molecule is CC(C=Cc1ccccc1)=NNC(=O)COc1ccc(C)cc1Br. The molecule has 2 rings (SSSR count). The zero-order valence-corrected chi connectivity index (χ0v) is 15.2. The molecular weight excluding hydrogens is 368 g/mol. The average Bonchev–Trinajstić information content (AvgIpc) is 2.58. The maximum atomic E-state index is 11.8. The number of nitrogens with zero attached hydrogens (tertiary/aromatic N) is 1. The molecule has 1 amide bonds. The van der Waals surface area contributed by atoms with E-state index < -0.39 is 0 Å². The summed E-state index contributed by atoms with van der Waals surface area (Å²) < 4.78 is 6.29. The number of halogens is 1. The number of hydrazone groups is 1. The molecule has 0 heterocycles. The van der Waals surface area contributed by atoms with Crippen LogP contribution < -0.4 is 10.2 Å². The lowest BCUT2D eigenvalue weighted by atomic mass is 10.2. The molecule has 124 valence electrons. The summed E-state index contributed by atoms with van der Waals surface area (Å²) in [7, 11) is 0. The summed E-state index contributed by atoms with van der Waals surface area (Å²) in [5, 5.41) is 4.03. The Morgan fingerprint density at radius 1 is 1.25 bits per heavy atom. The third-order valence-electron chi connectivity index (χ3n) is 3.12. The third kappa shape index (κ3) is 6.01. The van der Waals surface area contributed by atoms with Crippen molar-refractivity contribution in [2.45, 2.75) is 13.8 Å². The Kier molecular flexibility index (Phi) is 6.75. The fourth-order valence-corrected chi connectivity index (χ4v) is 2.47. The summed E-state index contributed by atoms with van der Waals surface area (Å²) in [5.41, 5.74) is 5.36. The third-order valence-corrected chi connectivity index (χ3v) is 3.74. The molecule has 5 heteroatoms. The lowest BCUT2D eigenvalue weighted by molar-refractivity contribution is -0.123. The Balaban J connectivity index is 1.82. The molecule has 0 radical (unpaired) electrons. The van der Waals surface area contributed by atoms with E-state index in [1.807, 2.05) is 74.5 Å². The Labute approximate surface area is 150 Å². The fraction of sp³-hybridized carbons (Fsp3) is 0.158. The van der Waals surface area contributed by atoms with Crippen molar-refractivity contribution in [3.05, 3.63) is 70.2 Å². The van der Waals surface area contributed by atoms with Gasteiger partial charge in [-0.2, -0.15) is 5.10 Å². The van der Waals surface area contributed by atoms with Gasteiger partial charge in [0.1, 0.15) is 5.75 Å². The molecule has 0 aliphatic rings. The zero-order valence-electron chi connectivity index (χ0n) is 13.6. The summed E-state index contributed by atoms with van der Waals surface area (Å²) in [6, 6.07) is 15.6. The molecule has 4 nitrogen and oxygen atoms in total. The lowest BCUT2D eigenvalue weighted by Crippen LogP contribution is -2.25. The van der Waals surface area contributed by atoms with Crippen molar-refractivity contribution >= 4 is 33.6 Å². The van der Waals surface area contributed by atoms with Crippen molar-refractivity contribution in [2.24, 2.45) is 5.10 Å². The molecule has 2 aromatic rings. The summed E-state index contributed by atoms with van der Waals surface area (Å²) in [4.78, 5) is 11.8. The quantitative estimate of drug-likeness (QED) is 0.592. The van der Waals surface area contributed by atoms with E-state index in [9.17, 15) is 4.79 Å². The lowest BCUT2D eigenvalue weighted by Gasteiger charge is -2.07. The van der Waals surface area contributed by atoms with Crippen LogP contribution in [0.3, 0.4) is 0 Å². The van der Waals surface area contributed by atoms with E-state index in [1.165, 1.54) is 0 Å². The van der Waals surface area contributed by atoms with Gasteiger partial charge in [0.15, 0.2) is 6.61 Å². The van der Waals surface area contributed by atoms with Gasteiger partial charge >= 0.3 is 0 Å². The number of aryl methyl sites for hydroxylation is 1. The van der Waals surface area contributed by atoms with Gasteiger partial charge in [-0.3, -0.25) is 4.79 Å². The fourth-order valence-electron chi connectivity index (χ4n) is 1.87. The van der Waals surface area contributed by atoms with Crippen LogP contribution in [0.5, 0.6) is 5.75 Å². The molecule has 0 unspecified atom stereocenters. The van der Waals surface area contributed by atoms with Crippen molar-refractivity contribution in [2.75, 3.05) is 6.61 Å². The molecule has 0 bridgehead atoms. The largest absolute Gasteiger partial charge is 0.483 e. The van der Waals surface area contributed by atoms with Crippen LogP contribution in [-0.4, -0.2) is 18.2 Å². The van der Waals surface area contributed by atoms with Gasteiger partial charge in [-0.1, -0.05) is 42.5 Å². The van der Waals surface area contributed by atoms with E-state index in [2.05, 4.69) is 26.5 Å². The molecule has 0 aliphatic carbocycles. The highest BCUT2D eigenvalue weighted by Gasteiger charge is 2.05. The van der Waals surface area contributed by atoms with E-state index in [0.717, 1.165) is 15.6 Å². The average molecular weight is 387 g/mol. The van der Waals surface area contributed by atoms with E-state index in [0.29, 0.717) is 11.5 Å². The molecule has 2 aromatic carbocycles. The van der Waals surface area contributed by atoms with Crippen molar-refractivity contribution in [1.29, 1.82) is 0 Å². The zero-order chi connectivity index (χ0) is 17.4. The predicted octanol–water partition coefficient (Wildman–Crippen LogP) is 4.34. The van der Waals surface area contributed by atoms with Crippen molar-refractivity contribution in [1.82, 2.24) is 5.43 Å². The number of hydrogen-bond donors (Lipinski definition) is 1. The highest BCUT2D eigenvalue weighted by atomic mass is 79.9. The minimum absolute atomic E-state index is 0.0964. The van der Waals surface area contributed by atoms with Crippen LogP contribution in [-0.2, 0) is 4.79 Å². The summed E-state index contributed by atoms with van der Waals surface area (Å²) >= 11 is 3.41. The van der Waals surface area contributed by atoms with Crippen LogP contribution in [0, 0.1) is 6.92 Å². The highest BCUT2D eigenvalue weighted by Crippen LogP contribution is 2.25. The first kappa shape index (κ1) is 17.9. The second kappa shape index (κ2) is 9.03. The van der Waals surface area contributed by atoms with Crippen LogP contribution >= 0.6 is 15.9 Å². The summed E-state index contributed by atoms with van der Waals surface area (Å²) in [5.74, 6) is 0.315. The molecule has 24 heavy (non-hydrogen) atoms. The molecule has 0 saturated heterocycles. The van der Waals surface area contributed by atoms with Crippen LogP contribution in [0.1, 0.15) is 18.1 Å². The standard InChI is InChI=1S/C19H19BrN2O2/c1-14-8-11-18(17(20)12-14)24-13-19(23)22-21-15(2)9-10-16-6-4-3-5-7-16/h3-12H,13H2,1-2H3,(H,22,23). The number of hydrogen-bond acceptors (Lipinski definition) is 3. The maximum absolute atomic E-state index is 11.8. The number of nitrogens with one attached hydrogen (secondary N) is 1. The topological polar surface area (TPSA) is 50.7 Å². The van der Waals surface area contributed by atoms with E-state index in [-0.39, 0.29) is 12.5 Å². The van der Waals surface area contributed by atoms with Crippen LogP contribution in [0.25, 0.3) is 6.08 Å². The predicted molar refractivity (Wildman–Crippen MR) is 101 cm³/mol. The van der Waals surface area contributed by atoms with Gasteiger partial charge in [0.2, 0.25) is 0 Å². The molecule has 0 spiro atoms. The highest BCUT2D eigenvalue weighted by molar-refractivity contribution is 9.10. The molecule has 0 aromatic heterocycles. The number of ether oxygens (including phenoxy) is 1. The smallest absolute Gasteiger partial charge is 0.277 e. The first-order valence-corrected chi connectivity index (χ1v) is 8.29. The number of allylic oxidation sites excluding steroid dienone is 1. The second-order valence-corrected chi connectivity index (χ2v) is 6.11. The van der Waals surface area contributed by atoms with Gasteiger partial charge in [0.25, 0.3) is 5.91 Å². The summed E-state index contributed by atoms with van der Waals surface area (Å²) in [6.45, 7) is 3.71. The van der Waals surface area contributed by atoms with Gasteiger partial charge in [0.05, 0.1) is 10.2 Å². The Hall–Kier alpha value is -2.40. The van der Waals surface area contributed by atoms with Crippen molar-refractivity contribution in [3.63, 3.8) is 0 Å². The first-order valence-electron chi connectivity index (χ1n) is 7.50. The number of rotatable bonds is 6. The van der Waals surface area contributed by atoms with Gasteiger partial charge < -0.3 is 4.74 Å². The number of benzene rings is 2. The van der Waals surface area contributed by atoms with E-state index in [4.69, 9.17) is 4.74 Å². The first-order chi connectivity index (χ1) is 11.5. The number of amides is 1. The molecule has 1 N–H and O–H groups in total. The summed E-state index contributed by atoms with van der Waals surface area (Å²) in [6.07, 6.45) is 3.78. The molecule has 0 aliphatic heterocycles. The molecule has 0 atom stereocenters. The van der Waals surface area contributed by atoms with Gasteiger partial charge in [-0.15, -0.1) is 0 Å². The van der Waals surface area contributed by atoms with E-state index in [1.54, 1.807) is 0 Å². The van der Waals surface area contributed by atoms with Gasteiger partial charge in [0, 0.05) is 0 Å². The molecule has 0 saturated carbocycles. The van der Waals surface area contributed by atoms with Gasteiger partial charge in [-0.05, 0) is 59.1 Å². The normalized spacial score (nSPS) is 11.5. The Morgan fingerprint density at radius 2 is 2.00 bits per heavy atom. The Bertz CT molecular complexity index is 755. The van der Waals surface area contributed by atoms with Crippen LogP contribution in [0.2, 0.25) is 0 Å². The molecule has 0 fully saturated rings. The number of carbonyl (C=O) groups excluding carboxylic acids is 1. The molecular formula is C19H19BrN2O2. The monoisotopic (exact) mass is 386 g/mol. The second-order valence-electron chi connectivity index (χ2n) is 5.25. The van der Waals surface area contributed by atoms with Crippen LogP contribution in [0.15, 0.2) is 64.2 Å². The van der Waals surface area contributed by atoms with E-state index >= 15 is 0 Å². The Morgan fingerprint density at radius 3 is 2.71 bits per heavy atom. The van der Waals surface area contributed by atoms with Gasteiger partial charge in [-0.25, -0.2) is 5.43 Å². The minimum Gasteiger partial charge on any atom is -0.483 e. The van der Waals surface area contributed by atoms with Crippen molar-refractivity contribution in [3.8, 4) is 5.75 Å².